The van der Waals surface area contributed by atoms with Crippen molar-refractivity contribution in [3.63, 3.8) is 0 Å². The Morgan fingerprint density at radius 1 is 1.32 bits per heavy atom. The number of nitriles is 1. The van der Waals surface area contributed by atoms with Gasteiger partial charge in [-0.2, -0.15) is 5.26 Å². The molecule has 1 amide bonds. The summed E-state index contributed by atoms with van der Waals surface area (Å²) in [5, 5.41) is 12.3. The number of rotatable bonds is 4. The van der Waals surface area contributed by atoms with Crippen molar-refractivity contribution in [2.45, 2.75) is 50.2 Å². The van der Waals surface area contributed by atoms with Gasteiger partial charge in [-0.05, 0) is 43.2 Å². The monoisotopic (exact) mass is 341 g/mol. The number of carbonyl (C=O) groups is 2. The summed E-state index contributed by atoms with van der Waals surface area (Å²) in [4.78, 5) is 26.6. The first-order valence-electron chi connectivity index (χ1n) is 8.68. The number of carbonyl (C=O) groups excluding carboxylic acids is 2. The van der Waals surface area contributed by atoms with Crippen molar-refractivity contribution in [1.82, 2.24) is 10.2 Å². The number of amides is 1. The van der Waals surface area contributed by atoms with Gasteiger partial charge in [0.05, 0.1) is 19.7 Å². The highest BCUT2D eigenvalue weighted by Gasteiger charge is 2.38. The molecule has 1 aliphatic carbocycles. The van der Waals surface area contributed by atoms with Gasteiger partial charge in [-0.25, -0.2) is 0 Å². The molecule has 1 aromatic rings. The normalized spacial score (nSPS) is 21.8. The molecule has 1 saturated carbocycles. The van der Waals surface area contributed by atoms with Gasteiger partial charge in [-0.1, -0.05) is 24.3 Å². The predicted molar refractivity (Wildman–Crippen MR) is 91.3 cm³/mol. The first-order chi connectivity index (χ1) is 12.1. The van der Waals surface area contributed by atoms with Crippen molar-refractivity contribution in [3.8, 4) is 6.07 Å². The number of hydrogen-bond donors (Lipinski definition) is 1. The van der Waals surface area contributed by atoms with Crippen LogP contribution < -0.4 is 5.32 Å². The molecule has 1 aliphatic heterocycles. The van der Waals surface area contributed by atoms with Gasteiger partial charge in [0.15, 0.2) is 0 Å². The molecule has 0 bridgehead atoms. The van der Waals surface area contributed by atoms with E-state index in [4.69, 9.17) is 4.74 Å². The third-order valence-electron chi connectivity index (χ3n) is 5.22. The number of hydrogen-bond acceptors (Lipinski definition) is 5. The molecule has 0 spiro atoms. The van der Waals surface area contributed by atoms with Gasteiger partial charge < -0.3 is 10.1 Å². The van der Waals surface area contributed by atoms with E-state index in [1.165, 1.54) is 7.11 Å². The third kappa shape index (κ3) is 3.67. The van der Waals surface area contributed by atoms with Crippen LogP contribution in [0, 0.1) is 11.3 Å². The smallest absolute Gasteiger partial charge is 0.323 e. The van der Waals surface area contributed by atoms with Crippen LogP contribution >= 0.6 is 0 Å². The number of esters is 1. The van der Waals surface area contributed by atoms with Crippen molar-refractivity contribution in [3.05, 3.63) is 35.4 Å². The molecule has 1 aromatic carbocycles. The van der Waals surface area contributed by atoms with Gasteiger partial charge in [0.25, 0.3) is 0 Å². The average molecular weight is 341 g/mol. The van der Waals surface area contributed by atoms with E-state index >= 15 is 0 Å². The molecule has 1 N–H and O–H groups in total. The maximum absolute atomic E-state index is 12.5. The van der Waals surface area contributed by atoms with Crippen molar-refractivity contribution in [2.24, 2.45) is 0 Å². The van der Waals surface area contributed by atoms with Gasteiger partial charge in [0, 0.05) is 6.54 Å². The maximum Gasteiger partial charge on any atom is 0.323 e. The molecule has 3 rings (SSSR count). The van der Waals surface area contributed by atoms with Crippen LogP contribution in [0.4, 0.5) is 0 Å². The maximum atomic E-state index is 12.5. The fraction of sp³-hybridized carbons (Fsp3) is 0.526. The SMILES string of the molecule is COC(=O)[C@@H]1Cc2ccccc2CN1CC(=O)NC1(C#N)CCCC1. The number of methoxy groups -OCH3 is 1. The Labute approximate surface area is 147 Å². The zero-order valence-corrected chi connectivity index (χ0v) is 14.5. The fourth-order valence-electron chi connectivity index (χ4n) is 3.85. The highest BCUT2D eigenvalue weighted by molar-refractivity contribution is 5.82. The van der Waals surface area contributed by atoms with Crippen LogP contribution in [0.5, 0.6) is 0 Å². The summed E-state index contributed by atoms with van der Waals surface area (Å²) in [5.74, 6) is -0.546. The molecule has 1 atom stereocenters. The van der Waals surface area contributed by atoms with E-state index in [-0.39, 0.29) is 18.4 Å². The Morgan fingerprint density at radius 3 is 2.64 bits per heavy atom. The van der Waals surface area contributed by atoms with E-state index in [2.05, 4.69) is 11.4 Å². The van der Waals surface area contributed by atoms with E-state index in [1.54, 1.807) is 0 Å². The van der Waals surface area contributed by atoms with Gasteiger partial charge in [0.2, 0.25) is 5.91 Å². The lowest BCUT2D eigenvalue weighted by molar-refractivity contribution is -0.148. The Bertz CT molecular complexity index is 704. The van der Waals surface area contributed by atoms with Gasteiger partial charge >= 0.3 is 5.97 Å². The molecule has 2 aliphatic rings. The second-order valence-electron chi connectivity index (χ2n) is 6.87. The number of benzene rings is 1. The highest BCUT2D eigenvalue weighted by atomic mass is 16.5. The minimum Gasteiger partial charge on any atom is -0.468 e. The molecule has 0 unspecified atom stereocenters. The summed E-state index contributed by atoms with van der Waals surface area (Å²) >= 11 is 0. The summed E-state index contributed by atoms with van der Waals surface area (Å²) in [5.41, 5.74) is 1.48. The summed E-state index contributed by atoms with van der Waals surface area (Å²) in [6, 6.07) is 9.71. The lowest BCUT2D eigenvalue weighted by atomic mass is 9.94. The average Bonchev–Trinajstić information content (AvgIpc) is 3.09. The quantitative estimate of drug-likeness (QED) is 0.840. The largest absolute Gasteiger partial charge is 0.468 e. The minimum absolute atomic E-state index is 0.0809. The second kappa shape index (κ2) is 7.24. The first kappa shape index (κ1) is 17.4. The van der Waals surface area contributed by atoms with E-state index < -0.39 is 11.6 Å². The zero-order valence-electron chi connectivity index (χ0n) is 14.5. The molecule has 6 heteroatoms. The topological polar surface area (TPSA) is 82.4 Å². The molecule has 6 nitrogen and oxygen atoms in total. The lowest BCUT2D eigenvalue weighted by Gasteiger charge is -2.35. The third-order valence-corrected chi connectivity index (χ3v) is 5.22. The number of nitrogens with zero attached hydrogens (tertiary/aromatic N) is 2. The zero-order chi connectivity index (χ0) is 17.9. The molecule has 132 valence electrons. The van der Waals surface area contributed by atoms with Crippen molar-refractivity contribution in [1.29, 1.82) is 5.26 Å². The van der Waals surface area contributed by atoms with Crippen LogP contribution in [0.25, 0.3) is 0 Å². The van der Waals surface area contributed by atoms with Gasteiger partial charge in [-0.3, -0.25) is 14.5 Å². The second-order valence-corrected chi connectivity index (χ2v) is 6.87. The number of ether oxygens (including phenoxy) is 1. The molecule has 0 aromatic heterocycles. The van der Waals surface area contributed by atoms with Gasteiger partial charge in [-0.15, -0.1) is 0 Å². The van der Waals surface area contributed by atoms with E-state index in [0.29, 0.717) is 25.8 Å². The first-order valence-corrected chi connectivity index (χ1v) is 8.68. The molecule has 0 radical (unpaired) electrons. The number of nitrogens with one attached hydrogen (secondary N) is 1. The van der Waals surface area contributed by atoms with Crippen LogP contribution in [0.3, 0.4) is 0 Å². The standard InChI is InChI=1S/C19H23N3O3/c1-25-18(24)16-10-14-6-2-3-7-15(14)11-22(16)12-17(23)21-19(13-20)8-4-5-9-19/h2-3,6-7,16H,4-5,8-12H2,1H3,(H,21,23)/t16-/m0/s1. The van der Waals surface area contributed by atoms with Crippen molar-refractivity contribution in [2.75, 3.05) is 13.7 Å². The summed E-state index contributed by atoms with van der Waals surface area (Å²) < 4.78 is 4.93. The van der Waals surface area contributed by atoms with Crippen LogP contribution in [0.15, 0.2) is 24.3 Å². The minimum atomic E-state index is -0.745. The van der Waals surface area contributed by atoms with E-state index in [1.807, 2.05) is 29.2 Å². The van der Waals surface area contributed by atoms with Crippen LogP contribution in [-0.4, -0.2) is 42.0 Å². The number of fused-ring (bicyclic) bond motifs is 1. The Balaban J connectivity index is 1.73. The molecule has 1 fully saturated rings. The van der Waals surface area contributed by atoms with Crippen molar-refractivity contribution >= 4 is 11.9 Å². The van der Waals surface area contributed by atoms with E-state index in [9.17, 15) is 14.9 Å². The molecular formula is C19H23N3O3. The van der Waals surface area contributed by atoms with Crippen LogP contribution in [0.2, 0.25) is 0 Å². The summed E-state index contributed by atoms with van der Waals surface area (Å²) in [6.07, 6.45) is 3.82. The lowest BCUT2D eigenvalue weighted by Crippen LogP contribution is -2.53. The van der Waals surface area contributed by atoms with E-state index in [0.717, 1.165) is 24.0 Å². The molecule has 25 heavy (non-hydrogen) atoms. The Morgan fingerprint density at radius 2 is 2.00 bits per heavy atom. The van der Waals surface area contributed by atoms with Crippen LogP contribution in [0.1, 0.15) is 36.8 Å². The Kier molecular flexibility index (Phi) is 5.05. The van der Waals surface area contributed by atoms with Gasteiger partial charge in [0.1, 0.15) is 11.6 Å². The summed E-state index contributed by atoms with van der Waals surface area (Å²) in [7, 11) is 1.37. The fourth-order valence-corrected chi connectivity index (χ4v) is 3.85. The highest BCUT2D eigenvalue weighted by Crippen LogP contribution is 2.29. The van der Waals surface area contributed by atoms with Crippen molar-refractivity contribution < 1.29 is 14.3 Å². The Hall–Kier alpha value is -2.39. The summed E-state index contributed by atoms with van der Waals surface area (Å²) in [6.45, 7) is 0.598. The molecule has 0 saturated heterocycles. The molecular weight excluding hydrogens is 318 g/mol. The predicted octanol–water partition coefficient (Wildman–Crippen LogP) is 1.54. The van der Waals surface area contributed by atoms with Crippen LogP contribution in [-0.2, 0) is 27.3 Å². The molecule has 1 heterocycles.